The summed E-state index contributed by atoms with van der Waals surface area (Å²) < 4.78 is 5.07. The van der Waals surface area contributed by atoms with Crippen LogP contribution in [0.15, 0.2) is 0 Å². The van der Waals surface area contributed by atoms with Crippen molar-refractivity contribution in [2.24, 2.45) is 40.9 Å². The Bertz CT molecular complexity index is 736. The number of hydrogen-bond donors (Lipinski definition) is 0. The molecule has 4 aliphatic rings. The van der Waals surface area contributed by atoms with E-state index < -0.39 is 11.9 Å². The third kappa shape index (κ3) is 4.96. The van der Waals surface area contributed by atoms with E-state index in [9.17, 15) is 24.3 Å². The molecule has 4 fully saturated rings. The molecule has 0 bridgehead atoms. The topological polar surface area (TPSA) is 101 Å². The average Bonchev–Trinajstić information content (AvgIpc) is 3.07. The summed E-state index contributed by atoms with van der Waals surface area (Å²) in [6, 6.07) is 0. The Morgan fingerprint density at radius 3 is 2.52 bits per heavy atom. The number of carboxylic acids is 1. The first-order chi connectivity index (χ1) is 14.3. The fraction of sp³-hybridized carbons (Fsp3) is 0.833. The van der Waals surface area contributed by atoms with Gasteiger partial charge < -0.3 is 14.6 Å². The normalized spacial score (nSPS) is 38.8. The molecule has 0 heterocycles. The monoisotopic (exact) mass is 440 g/mol. The molecule has 0 aliphatic heterocycles. The number of esters is 1. The molecule has 6 nitrogen and oxygen atoms in total. The van der Waals surface area contributed by atoms with E-state index in [0.717, 1.165) is 51.4 Å². The molecular weight excluding hydrogens is 407 g/mol. The zero-order valence-electron chi connectivity index (χ0n) is 18.9. The summed E-state index contributed by atoms with van der Waals surface area (Å²) in [6.45, 7) is 2.01. The third-order valence-corrected chi connectivity index (χ3v) is 9.06. The number of aliphatic carboxylic acids is 1. The van der Waals surface area contributed by atoms with Crippen molar-refractivity contribution in [2.75, 3.05) is 6.61 Å². The maximum absolute atomic E-state index is 12.9. The van der Waals surface area contributed by atoms with Crippen molar-refractivity contribution < 1.29 is 58.6 Å². The smallest absolute Gasteiger partial charge is 0.550 e. The van der Waals surface area contributed by atoms with Gasteiger partial charge in [0.15, 0.2) is 5.78 Å². The fourth-order valence-corrected chi connectivity index (χ4v) is 7.72. The minimum Gasteiger partial charge on any atom is -0.550 e. The molecule has 0 aromatic rings. The van der Waals surface area contributed by atoms with Gasteiger partial charge >= 0.3 is 35.5 Å². The number of ketones is 2. The first-order valence-corrected chi connectivity index (χ1v) is 11.7. The Hall–Kier alpha value is -0.720. The molecule has 0 aromatic carbocycles. The summed E-state index contributed by atoms with van der Waals surface area (Å²) in [5.74, 6) is 1.56. The molecule has 0 saturated heterocycles. The van der Waals surface area contributed by atoms with Gasteiger partial charge in [0.25, 0.3) is 0 Å². The van der Waals surface area contributed by atoms with Crippen molar-refractivity contribution >= 4 is 23.5 Å². The van der Waals surface area contributed by atoms with E-state index >= 15 is 0 Å². The number of ether oxygens (including phenoxy) is 1. The van der Waals surface area contributed by atoms with E-state index in [4.69, 9.17) is 4.74 Å². The molecule has 7 atom stereocenters. The number of carbonyl (C=O) groups excluding carboxylic acids is 4. The number of Topliss-reactive ketones (excluding diaryl/α,β-unsaturated/α-hetero) is 2. The van der Waals surface area contributed by atoms with Gasteiger partial charge in [0, 0.05) is 24.7 Å². The molecule has 166 valence electrons. The Labute approximate surface area is 206 Å². The molecule has 4 aliphatic carbocycles. The molecule has 4 saturated carbocycles. The van der Waals surface area contributed by atoms with Gasteiger partial charge in [-0.2, -0.15) is 0 Å². The van der Waals surface area contributed by atoms with Crippen LogP contribution in [0.5, 0.6) is 0 Å². The largest absolute Gasteiger partial charge is 1.00 e. The van der Waals surface area contributed by atoms with Crippen molar-refractivity contribution in [1.82, 2.24) is 0 Å². The summed E-state index contributed by atoms with van der Waals surface area (Å²) >= 11 is 0. The van der Waals surface area contributed by atoms with E-state index in [1.165, 1.54) is 6.42 Å². The van der Waals surface area contributed by atoms with E-state index in [0.29, 0.717) is 35.4 Å². The number of carboxylic acid groups (broad SMARTS) is 1. The minimum atomic E-state index is -1.29. The quantitative estimate of drug-likeness (QED) is 0.407. The van der Waals surface area contributed by atoms with E-state index in [1.54, 1.807) is 0 Å². The van der Waals surface area contributed by atoms with Crippen LogP contribution in [0, 0.1) is 40.9 Å². The first kappa shape index (κ1) is 24.9. The predicted octanol–water partition coefficient (Wildman–Crippen LogP) is -0.529. The number of carbonyl (C=O) groups is 4. The van der Waals surface area contributed by atoms with Crippen LogP contribution in [-0.4, -0.2) is 30.1 Å². The molecule has 7 heteroatoms. The van der Waals surface area contributed by atoms with Gasteiger partial charge in [0.2, 0.25) is 0 Å². The van der Waals surface area contributed by atoms with Crippen molar-refractivity contribution in [3.63, 3.8) is 0 Å². The second kappa shape index (κ2) is 10.0. The second-order valence-electron chi connectivity index (χ2n) is 10.4. The van der Waals surface area contributed by atoms with Crippen molar-refractivity contribution in [2.45, 2.75) is 77.6 Å². The molecule has 2 unspecified atom stereocenters. The maximum Gasteiger partial charge on any atom is 1.00 e. The summed E-state index contributed by atoms with van der Waals surface area (Å²) in [5, 5.41) is 10.5. The maximum atomic E-state index is 12.9. The molecule has 0 aromatic heterocycles. The van der Waals surface area contributed by atoms with Gasteiger partial charge in [-0.05, 0) is 86.4 Å². The average molecular weight is 441 g/mol. The zero-order valence-corrected chi connectivity index (χ0v) is 20.9. The van der Waals surface area contributed by atoms with Crippen LogP contribution >= 0.6 is 0 Å². The third-order valence-electron chi connectivity index (χ3n) is 9.06. The van der Waals surface area contributed by atoms with Gasteiger partial charge in [0.1, 0.15) is 12.4 Å². The van der Waals surface area contributed by atoms with Gasteiger partial charge in [-0.15, -0.1) is 0 Å². The molecule has 4 rings (SSSR count). The SMILES string of the molecule is C[C@]12CC[C@@H]3[C@H](CCC4CC(=O)CC[C@@H]43)C1CC[C@@H]2C(=O)COC(=O)CCC(=O)[O-].[Na+]. The van der Waals surface area contributed by atoms with Crippen LogP contribution < -0.4 is 34.7 Å². The summed E-state index contributed by atoms with van der Waals surface area (Å²) in [7, 11) is 0. The van der Waals surface area contributed by atoms with Gasteiger partial charge in [-0.1, -0.05) is 6.92 Å². The first-order valence-electron chi connectivity index (χ1n) is 11.7. The van der Waals surface area contributed by atoms with E-state index in [2.05, 4.69) is 6.92 Å². The number of fused-ring (bicyclic) bond motifs is 5. The number of rotatable bonds is 6. The van der Waals surface area contributed by atoms with Crippen LogP contribution in [0.4, 0.5) is 0 Å². The summed E-state index contributed by atoms with van der Waals surface area (Å²) in [5.41, 5.74) is -0.0348. The Morgan fingerprint density at radius 2 is 1.77 bits per heavy atom. The van der Waals surface area contributed by atoms with Crippen LogP contribution in [0.25, 0.3) is 0 Å². The summed E-state index contributed by atoms with van der Waals surface area (Å²) in [4.78, 5) is 47.0. The zero-order chi connectivity index (χ0) is 21.5. The van der Waals surface area contributed by atoms with Crippen molar-refractivity contribution in [1.29, 1.82) is 0 Å². The van der Waals surface area contributed by atoms with E-state index in [1.807, 2.05) is 0 Å². The second-order valence-corrected chi connectivity index (χ2v) is 10.4. The van der Waals surface area contributed by atoms with Crippen LogP contribution in [0.3, 0.4) is 0 Å². The standard InChI is InChI=1S/C24H34O6.Na/c1-24-11-10-17-16-5-3-15(25)12-14(16)2-4-18(17)19(24)6-7-20(24)21(26)13-30-23(29)9-8-22(27)28;/h14,16-20H,2-13H2,1H3,(H,27,28);/q;+1/p-1/t14?,16-,17-,18-,19?,20+,24-;/m0./s1. The van der Waals surface area contributed by atoms with Crippen molar-refractivity contribution in [3.05, 3.63) is 0 Å². The Balaban J connectivity index is 0.00000272. The van der Waals surface area contributed by atoms with Crippen LogP contribution in [0.2, 0.25) is 0 Å². The van der Waals surface area contributed by atoms with E-state index in [-0.39, 0.29) is 66.1 Å². The molecule has 31 heavy (non-hydrogen) atoms. The Morgan fingerprint density at radius 1 is 1.00 bits per heavy atom. The van der Waals surface area contributed by atoms with Crippen molar-refractivity contribution in [3.8, 4) is 0 Å². The molecule has 0 radical (unpaired) electrons. The van der Waals surface area contributed by atoms with Crippen LogP contribution in [0.1, 0.15) is 77.6 Å². The molecule has 0 amide bonds. The van der Waals surface area contributed by atoms with Gasteiger partial charge in [-0.25, -0.2) is 0 Å². The Kier molecular flexibility index (Phi) is 8.07. The van der Waals surface area contributed by atoms with Crippen LogP contribution in [-0.2, 0) is 23.9 Å². The molecule has 0 N–H and O–H groups in total. The molecule has 0 spiro atoms. The minimum absolute atomic E-state index is 0. The fourth-order valence-electron chi connectivity index (χ4n) is 7.72. The number of hydrogen-bond acceptors (Lipinski definition) is 6. The van der Waals surface area contributed by atoms with Gasteiger partial charge in [-0.3, -0.25) is 14.4 Å². The predicted molar refractivity (Wildman–Crippen MR) is 106 cm³/mol. The summed E-state index contributed by atoms with van der Waals surface area (Å²) in [6.07, 6.45) is 8.36. The molecular formula is C24H33NaO6. The van der Waals surface area contributed by atoms with Gasteiger partial charge in [0.05, 0.1) is 6.42 Å².